The van der Waals surface area contributed by atoms with Gasteiger partial charge in [-0.3, -0.25) is 9.59 Å². The molecule has 0 bridgehead atoms. The van der Waals surface area contributed by atoms with Gasteiger partial charge >= 0.3 is 5.97 Å². The first-order chi connectivity index (χ1) is 10.1. The van der Waals surface area contributed by atoms with Crippen LogP contribution in [0, 0.1) is 0 Å². The number of carboxylic acid groups (broad SMARTS) is 1. The molecule has 1 atom stereocenters. The predicted molar refractivity (Wildman–Crippen MR) is 78.7 cm³/mol. The summed E-state index contributed by atoms with van der Waals surface area (Å²) in [4.78, 5) is 24.3. The first-order valence-corrected chi connectivity index (χ1v) is 7.46. The predicted octanol–water partition coefficient (Wildman–Crippen LogP) is 1.75. The van der Waals surface area contributed by atoms with E-state index in [-0.39, 0.29) is 24.2 Å². The normalized spacial score (nSPS) is 17.9. The van der Waals surface area contributed by atoms with Crippen LogP contribution < -0.4 is 9.47 Å². The second-order valence-electron chi connectivity index (χ2n) is 4.50. The van der Waals surface area contributed by atoms with E-state index in [4.69, 9.17) is 14.6 Å². The van der Waals surface area contributed by atoms with Crippen molar-refractivity contribution in [3.05, 3.63) is 23.8 Å². The molecule has 1 unspecified atom stereocenters. The maximum Gasteiger partial charge on any atom is 0.305 e. The molecule has 1 heterocycles. The largest absolute Gasteiger partial charge is 0.497 e. The lowest BCUT2D eigenvalue weighted by atomic mass is 10.1. The molecule has 21 heavy (non-hydrogen) atoms. The number of amides is 1. The van der Waals surface area contributed by atoms with Gasteiger partial charge < -0.3 is 19.5 Å². The quantitative estimate of drug-likeness (QED) is 0.862. The van der Waals surface area contributed by atoms with Crippen LogP contribution in [0.1, 0.15) is 17.4 Å². The van der Waals surface area contributed by atoms with Gasteiger partial charge in [0.05, 0.1) is 26.4 Å². The molecule has 6 nitrogen and oxygen atoms in total. The van der Waals surface area contributed by atoms with E-state index in [2.05, 4.69) is 0 Å². The van der Waals surface area contributed by atoms with Gasteiger partial charge in [-0.2, -0.15) is 0 Å². The molecule has 1 N–H and O–H groups in total. The molecule has 0 aromatic heterocycles. The van der Waals surface area contributed by atoms with Gasteiger partial charge in [0.25, 0.3) is 0 Å². The van der Waals surface area contributed by atoms with Crippen molar-refractivity contribution in [2.24, 2.45) is 0 Å². The van der Waals surface area contributed by atoms with E-state index in [1.54, 1.807) is 31.3 Å². The Labute approximate surface area is 127 Å². The highest BCUT2D eigenvalue weighted by molar-refractivity contribution is 8.00. The molecule has 114 valence electrons. The molecular weight excluding hydrogens is 294 g/mol. The van der Waals surface area contributed by atoms with Gasteiger partial charge in [0.15, 0.2) is 0 Å². The van der Waals surface area contributed by atoms with Gasteiger partial charge in [-0.15, -0.1) is 11.8 Å². The Morgan fingerprint density at radius 3 is 2.81 bits per heavy atom. The van der Waals surface area contributed by atoms with Crippen LogP contribution in [0.25, 0.3) is 0 Å². The first kappa shape index (κ1) is 15.5. The lowest BCUT2D eigenvalue weighted by molar-refractivity contribution is -0.138. The van der Waals surface area contributed by atoms with Crippen LogP contribution in [0.3, 0.4) is 0 Å². The average Bonchev–Trinajstić information content (AvgIpc) is 2.85. The number of carbonyl (C=O) groups excluding carboxylic acids is 1. The van der Waals surface area contributed by atoms with Crippen LogP contribution in [0.2, 0.25) is 0 Å². The number of thioether (sulfide) groups is 1. The number of hydrogen-bond donors (Lipinski definition) is 1. The summed E-state index contributed by atoms with van der Waals surface area (Å²) in [6.07, 6.45) is -0.0743. The highest BCUT2D eigenvalue weighted by Crippen LogP contribution is 2.43. The van der Waals surface area contributed by atoms with Crippen LogP contribution in [0.5, 0.6) is 11.5 Å². The molecule has 1 amide bonds. The minimum atomic E-state index is -0.920. The van der Waals surface area contributed by atoms with E-state index in [1.807, 2.05) is 6.07 Å². The maximum atomic E-state index is 12.0. The second-order valence-corrected chi connectivity index (χ2v) is 5.57. The molecule has 1 aromatic rings. The van der Waals surface area contributed by atoms with Crippen LogP contribution in [-0.4, -0.2) is 48.4 Å². The number of carboxylic acids is 1. The van der Waals surface area contributed by atoms with Crippen molar-refractivity contribution in [2.75, 3.05) is 26.5 Å². The topological polar surface area (TPSA) is 76.1 Å². The molecule has 1 aliphatic rings. The fourth-order valence-electron chi connectivity index (χ4n) is 2.20. The number of ether oxygens (including phenoxy) is 2. The Bertz CT molecular complexity index is 548. The van der Waals surface area contributed by atoms with Gasteiger partial charge in [-0.05, 0) is 18.2 Å². The van der Waals surface area contributed by atoms with Crippen molar-refractivity contribution in [1.29, 1.82) is 0 Å². The van der Waals surface area contributed by atoms with Crippen molar-refractivity contribution >= 4 is 23.6 Å². The molecular formula is C14H17NO5S. The maximum absolute atomic E-state index is 12.0. The van der Waals surface area contributed by atoms with Crippen molar-refractivity contribution in [3.8, 4) is 11.5 Å². The van der Waals surface area contributed by atoms with Crippen LogP contribution in [0.15, 0.2) is 18.2 Å². The fraction of sp³-hybridized carbons (Fsp3) is 0.429. The summed E-state index contributed by atoms with van der Waals surface area (Å²) in [6, 6.07) is 5.39. The number of carbonyl (C=O) groups is 2. The number of benzene rings is 1. The Morgan fingerprint density at radius 2 is 2.19 bits per heavy atom. The molecule has 0 aliphatic carbocycles. The molecule has 0 saturated carbocycles. The number of rotatable bonds is 6. The third-order valence-corrected chi connectivity index (χ3v) is 4.48. The molecule has 1 aromatic carbocycles. The fourth-order valence-corrected chi connectivity index (χ4v) is 3.43. The average molecular weight is 311 g/mol. The van der Waals surface area contributed by atoms with E-state index in [0.29, 0.717) is 17.3 Å². The van der Waals surface area contributed by atoms with E-state index < -0.39 is 5.97 Å². The van der Waals surface area contributed by atoms with Crippen LogP contribution >= 0.6 is 11.8 Å². The van der Waals surface area contributed by atoms with Gasteiger partial charge in [0.1, 0.15) is 16.9 Å². The highest BCUT2D eigenvalue weighted by atomic mass is 32.2. The van der Waals surface area contributed by atoms with E-state index in [9.17, 15) is 9.59 Å². The number of hydrogen-bond acceptors (Lipinski definition) is 5. The third kappa shape index (κ3) is 3.41. The summed E-state index contributed by atoms with van der Waals surface area (Å²) in [5, 5.41) is 8.56. The zero-order chi connectivity index (χ0) is 15.4. The van der Waals surface area contributed by atoms with E-state index in [0.717, 1.165) is 5.56 Å². The third-order valence-electron chi connectivity index (χ3n) is 3.24. The van der Waals surface area contributed by atoms with Gasteiger partial charge in [-0.1, -0.05) is 0 Å². The SMILES string of the molecule is COc1ccc(OC)c(C2SCC(=O)N2CCC(=O)O)c1. The zero-order valence-corrected chi connectivity index (χ0v) is 12.7. The molecule has 1 aliphatic heterocycles. The number of nitrogens with zero attached hydrogens (tertiary/aromatic N) is 1. The molecule has 0 spiro atoms. The first-order valence-electron chi connectivity index (χ1n) is 6.41. The Balaban J connectivity index is 2.29. The van der Waals surface area contributed by atoms with Crippen molar-refractivity contribution in [1.82, 2.24) is 4.90 Å². The smallest absolute Gasteiger partial charge is 0.305 e. The minimum absolute atomic E-state index is 0.0591. The monoisotopic (exact) mass is 311 g/mol. The summed E-state index contributed by atoms with van der Waals surface area (Å²) in [7, 11) is 3.13. The van der Waals surface area contributed by atoms with E-state index in [1.165, 1.54) is 11.8 Å². The lowest BCUT2D eigenvalue weighted by Crippen LogP contribution is -2.30. The van der Waals surface area contributed by atoms with Crippen molar-refractivity contribution in [2.45, 2.75) is 11.8 Å². The molecule has 1 fully saturated rings. The molecule has 7 heteroatoms. The van der Waals surface area contributed by atoms with Gasteiger partial charge in [-0.25, -0.2) is 0 Å². The molecule has 0 radical (unpaired) electrons. The van der Waals surface area contributed by atoms with Gasteiger partial charge in [0, 0.05) is 12.1 Å². The standard InChI is InChI=1S/C14H17NO5S/c1-19-9-3-4-11(20-2)10(7-9)14-15(6-5-13(17)18)12(16)8-21-14/h3-4,7,14H,5-6,8H2,1-2H3,(H,17,18). The van der Waals surface area contributed by atoms with E-state index >= 15 is 0 Å². The molecule has 1 saturated heterocycles. The van der Waals surface area contributed by atoms with Gasteiger partial charge in [0.2, 0.25) is 5.91 Å². The summed E-state index contributed by atoms with van der Waals surface area (Å²) in [5.41, 5.74) is 0.818. The summed E-state index contributed by atoms with van der Waals surface area (Å²) >= 11 is 1.46. The summed E-state index contributed by atoms with van der Waals surface area (Å²) in [6.45, 7) is 0.187. The summed E-state index contributed by atoms with van der Waals surface area (Å²) < 4.78 is 10.6. The van der Waals surface area contributed by atoms with Crippen molar-refractivity contribution in [3.63, 3.8) is 0 Å². The molecule has 2 rings (SSSR count). The Morgan fingerprint density at radius 1 is 1.43 bits per heavy atom. The Hall–Kier alpha value is -1.89. The highest BCUT2D eigenvalue weighted by Gasteiger charge is 2.34. The lowest BCUT2D eigenvalue weighted by Gasteiger charge is -2.25. The summed E-state index contributed by atoms with van der Waals surface area (Å²) in [5.74, 6) is 0.685. The van der Waals surface area contributed by atoms with Crippen LogP contribution in [-0.2, 0) is 9.59 Å². The van der Waals surface area contributed by atoms with Crippen LogP contribution in [0.4, 0.5) is 0 Å². The zero-order valence-electron chi connectivity index (χ0n) is 11.9. The minimum Gasteiger partial charge on any atom is -0.497 e. The van der Waals surface area contributed by atoms with Crippen molar-refractivity contribution < 1.29 is 24.2 Å². The number of methoxy groups -OCH3 is 2. The number of aliphatic carboxylic acids is 1. The Kier molecular flexibility index (Phi) is 4.95. The second kappa shape index (κ2) is 6.71.